The molecule has 0 radical (unpaired) electrons. The van der Waals surface area contributed by atoms with Crippen molar-refractivity contribution in [1.29, 1.82) is 0 Å². The van der Waals surface area contributed by atoms with E-state index in [-0.39, 0.29) is 16.5 Å². The van der Waals surface area contributed by atoms with Crippen LogP contribution in [-0.4, -0.2) is 42.1 Å². The van der Waals surface area contributed by atoms with E-state index < -0.39 is 12.1 Å². The zero-order chi connectivity index (χ0) is 13.9. The molecule has 0 bridgehead atoms. The second-order valence-corrected chi connectivity index (χ2v) is 5.19. The number of carboxylic acid groups (broad SMARTS) is 1. The number of aromatic carboxylic acids is 1. The molecular formula is C12H17NO4S. The number of hydrogen-bond acceptors (Lipinski definition) is 4. The Morgan fingerprint density at radius 1 is 1.50 bits per heavy atom. The number of nitrogens with zero attached hydrogens (tertiary/aromatic N) is 1. The van der Waals surface area contributed by atoms with Crippen molar-refractivity contribution in [2.24, 2.45) is 0 Å². The summed E-state index contributed by atoms with van der Waals surface area (Å²) in [4.78, 5) is 25.2. The third kappa shape index (κ3) is 3.22. The normalized spacial score (nSPS) is 12.0. The minimum atomic E-state index is -1.03. The SMILES string of the molecule is CCc1cc(OC(C)C(=O)N(C)C)c(C(=O)O)s1. The zero-order valence-electron chi connectivity index (χ0n) is 10.9. The molecule has 100 valence electrons. The molecule has 1 unspecified atom stereocenters. The molecule has 1 N–H and O–H groups in total. The second kappa shape index (κ2) is 5.86. The molecule has 0 saturated heterocycles. The molecule has 1 amide bonds. The first kappa shape index (κ1) is 14.5. The molecule has 0 fully saturated rings. The molecule has 5 nitrogen and oxygen atoms in total. The Bertz CT molecular complexity index is 453. The van der Waals surface area contributed by atoms with E-state index in [1.165, 1.54) is 16.2 Å². The minimum Gasteiger partial charge on any atom is -0.479 e. The van der Waals surface area contributed by atoms with Crippen molar-refractivity contribution in [3.63, 3.8) is 0 Å². The Balaban J connectivity index is 2.92. The summed E-state index contributed by atoms with van der Waals surface area (Å²) < 4.78 is 5.45. The largest absolute Gasteiger partial charge is 0.479 e. The Labute approximate surface area is 110 Å². The van der Waals surface area contributed by atoms with E-state index in [0.29, 0.717) is 0 Å². The van der Waals surface area contributed by atoms with E-state index in [2.05, 4.69) is 0 Å². The maximum atomic E-state index is 11.7. The van der Waals surface area contributed by atoms with Crippen LogP contribution in [-0.2, 0) is 11.2 Å². The van der Waals surface area contributed by atoms with Gasteiger partial charge in [-0.25, -0.2) is 4.79 Å². The summed E-state index contributed by atoms with van der Waals surface area (Å²) in [6, 6.07) is 1.69. The lowest BCUT2D eigenvalue weighted by molar-refractivity contribution is -0.135. The van der Waals surface area contributed by atoms with Gasteiger partial charge in [-0.1, -0.05) is 6.92 Å². The van der Waals surface area contributed by atoms with Crippen molar-refractivity contribution < 1.29 is 19.4 Å². The summed E-state index contributed by atoms with van der Waals surface area (Å²) in [6.45, 7) is 3.55. The summed E-state index contributed by atoms with van der Waals surface area (Å²) in [5.74, 6) is -0.957. The molecule has 1 rings (SSSR count). The van der Waals surface area contributed by atoms with Crippen molar-refractivity contribution >= 4 is 23.2 Å². The fourth-order valence-corrected chi connectivity index (χ4v) is 2.31. The van der Waals surface area contributed by atoms with Crippen LogP contribution in [0.1, 0.15) is 28.4 Å². The standard InChI is InChI=1S/C12H17NO4S/c1-5-8-6-9(10(18-8)12(15)16)17-7(2)11(14)13(3)4/h6-7H,5H2,1-4H3,(H,15,16). The van der Waals surface area contributed by atoms with Crippen molar-refractivity contribution in [1.82, 2.24) is 4.90 Å². The van der Waals surface area contributed by atoms with E-state index in [9.17, 15) is 9.59 Å². The Hall–Kier alpha value is -1.56. The predicted octanol–water partition coefficient (Wildman–Crippen LogP) is 1.86. The van der Waals surface area contributed by atoms with Gasteiger partial charge in [0.2, 0.25) is 0 Å². The number of amides is 1. The fourth-order valence-electron chi connectivity index (χ4n) is 1.44. The van der Waals surface area contributed by atoms with Gasteiger partial charge >= 0.3 is 5.97 Å². The number of thiophene rings is 1. The number of hydrogen-bond donors (Lipinski definition) is 1. The minimum absolute atomic E-state index is 0.144. The van der Waals surface area contributed by atoms with E-state index in [1.54, 1.807) is 27.1 Å². The van der Waals surface area contributed by atoms with E-state index in [4.69, 9.17) is 9.84 Å². The molecule has 6 heteroatoms. The molecule has 0 aliphatic heterocycles. The molecule has 1 aromatic rings. The van der Waals surface area contributed by atoms with Gasteiger partial charge in [-0.05, 0) is 19.4 Å². The van der Waals surface area contributed by atoms with Crippen molar-refractivity contribution in [3.8, 4) is 5.75 Å². The maximum absolute atomic E-state index is 11.7. The first-order chi connectivity index (χ1) is 8.36. The van der Waals surface area contributed by atoms with E-state index in [0.717, 1.165) is 11.3 Å². The zero-order valence-corrected chi connectivity index (χ0v) is 11.7. The summed E-state index contributed by atoms with van der Waals surface area (Å²) in [5, 5.41) is 9.07. The molecule has 1 atom stereocenters. The van der Waals surface area contributed by atoms with Gasteiger partial charge in [0.05, 0.1) is 0 Å². The third-order valence-electron chi connectivity index (χ3n) is 2.38. The van der Waals surface area contributed by atoms with Crippen LogP contribution in [0.25, 0.3) is 0 Å². The van der Waals surface area contributed by atoms with Crippen LogP contribution in [0.3, 0.4) is 0 Å². The van der Waals surface area contributed by atoms with Crippen LogP contribution in [0, 0.1) is 0 Å². The van der Waals surface area contributed by atoms with Crippen molar-refractivity contribution in [2.75, 3.05) is 14.1 Å². The van der Waals surface area contributed by atoms with Crippen LogP contribution >= 0.6 is 11.3 Å². The van der Waals surface area contributed by atoms with Gasteiger partial charge in [0.25, 0.3) is 5.91 Å². The van der Waals surface area contributed by atoms with Crippen LogP contribution < -0.4 is 4.74 Å². The lowest BCUT2D eigenvalue weighted by atomic mass is 10.3. The quantitative estimate of drug-likeness (QED) is 0.887. The Morgan fingerprint density at radius 2 is 2.11 bits per heavy atom. The Kier molecular flexibility index (Phi) is 4.72. The highest BCUT2D eigenvalue weighted by Crippen LogP contribution is 2.30. The van der Waals surface area contributed by atoms with Gasteiger partial charge in [-0.2, -0.15) is 0 Å². The van der Waals surface area contributed by atoms with Crippen LogP contribution in [0.15, 0.2) is 6.07 Å². The first-order valence-electron chi connectivity index (χ1n) is 5.60. The topological polar surface area (TPSA) is 66.8 Å². The molecule has 0 aliphatic carbocycles. The lowest BCUT2D eigenvalue weighted by Crippen LogP contribution is -2.35. The highest BCUT2D eigenvalue weighted by atomic mass is 32.1. The molecule has 0 saturated carbocycles. The molecule has 1 heterocycles. The monoisotopic (exact) mass is 271 g/mol. The molecule has 0 spiro atoms. The Morgan fingerprint density at radius 3 is 2.56 bits per heavy atom. The molecule has 0 aliphatic rings. The van der Waals surface area contributed by atoms with Gasteiger partial charge in [-0.15, -0.1) is 11.3 Å². The highest BCUT2D eigenvalue weighted by molar-refractivity contribution is 7.14. The summed E-state index contributed by atoms with van der Waals surface area (Å²) in [5.41, 5.74) is 0. The van der Waals surface area contributed by atoms with Gasteiger partial charge in [0.1, 0.15) is 5.75 Å². The molecule has 18 heavy (non-hydrogen) atoms. The summed E-state index contributed by atoms with van der Waals surface area (Å²) >= 11 is 1.18. The average molecular weight is 271 g/mol. The summed E-state index contributed by atoms with van der Waals surface area (Å²) in [7, 11) is 3.26. The van der Waals surface area contributed by atoms with Crippen LogP contribution in [0.4, 0.5) is 0 Å². The van der Waals surface area contributed by atoms with Crippen LogP contribution in [0.2, 0.25) is 0 Å². The number of carbonyl (C=O) groups excluding carboxylic acids is 1. The maximum Gasteiger partial charge on any atom is 0.349 e. The van der Waals surface area contributed by atoms with Gasteiger partial charge in [0, 0.05) is 19.0 Å². The number of carboxylic acids is 1. The molecule has 0 aromatic carbocycles. The summed E-state index contributed by atoms with van der Waals surface area (Å²) in [6.07, 6.45) is 0.0435. The number of carbonyl (C=O) groups is 2. The first-order valence-corrected chi connectivity index (χ1v) is 6.42. The van der Waals surface area contributed by atoms with Gasteiger partial charge in [0.15, 0.2) is 11.0 Å². The average Bonchev–Trinajstić information content (AvgIpc) is 2.71. The molecular weight excluding hydrogens is 254 g/mol. The van der Waals surface area contributed by atoms with Gasteiger partial charge in [-0.3, -0.25) is 4.79 Å². The number of ether oxygens (including phenoxy) is 1. The number of rotatable bonds is 5. The lowest BCUT2D eigenvalue weighted by Gasteiger charge is -2.17. The third-order valence-corrected chi connectivity index (χ3v) is 3.63. The second-order valence-electron chi connectivity index (χ2n) is 4.06. The highest BCUT2D eigenvalue weighted by Gasteiger charge is 2.22. The van der Waals surface area contributed by atoms with Crippen LogP contribution in [0.5, 0.6) is 5.75 Å². The molecule has 1 aromatic heterocycles. The van der Waals surface area contributed by atoms with E-state index >= 15 is 0 Å². The number of aryl methyl sites for hydroxylation is 1. The fraction of sp³-hybridized carbons (Fsp3) is 0.500. The predicted molar refractivity (Wildman–Crippen MR) is 69.4 cm³/mol. The smallest absolute Gasteiger partial charge is 0.349 e. The van der Waals surface area contributed by atoms with Crippen molar-refractivity contribution in [3.05, 3.63) is 15.8 Å². The van der Waals surface area contributed by atoms with Gasteiger partial charge < -0.3 is 14.7 Å². The van der Waals surface area contributed by atoms with E-state index in [1.807, 2.05) is 6.92 Å². The number of likely N-dealkylation sites (N-methyl/N-ethyl adjacent to an activating group) is 1. The van der Waals surface area contributed by atoms with Crippen molar-refractivity contribution in [2.45, 2.75) is 26.4 Å².